The molecule has 2 aliphatic heterocycles. The first-order chi connectivity index (χ1) is 11.0. The van der Waals surface area contributed by atoms with Crippen molar-refractivity contribution < 1.29 is 9.53 Å². The Morgan fingerprint density at radius 1 is 1.13 bits per heavy atom. The largest absolute Gasteiger partial charge is 0.379 e. The van der Waals surface area contributed by atoms with Gasteiger partial charge in [-0.25, -0.2) is 0 Å². The van der Waals surface area contributed by atoms with Crippen LogP contribution in [0.3, 0.4) is 0 Å². The third-order valence-electron chi connectivity index (χ3n) is 7.16. The molecule has 0 spiro atoms. The van der Waals surface area contributed by atoms with Crippen molar-refractivity contribution >= 4 is 5.91 Å². The second-order valence-electron chi connectivity index (χ2n) is 9.09. The number of rotatable bonds is 2. The highest BCUT2D eigenvalue weighted by Crippen LogP contribution is 2.74. The van der Waals surface area contributed by atoms with E-state index in [2.05, 4.69) is 49.1 Å². The Labute approximate surface area is 138 Å². The van der Waals surface area contributed by atoms with Crippen LogP contribution in [0.25, 0.3) is 0 Å². The number of ether oxygens (including phenoxy) is 1. The molecule has 0 aromatic heterocycles. The number of amides is 1. The van der Waals surface area contributed by atoms with E-state index >= 15 is 0 Å². The maximum Gasteiger partial charge on any atom is 0.229 e. The van der Waals surface area contributed by atoms with Crippen LogP contribution in [0.15, 0.2) is 30.3 Å². The Balaban J connectivity index is 1.35. The second-order valence-corrected chi connectivity index (χ2v) is 9.09. The first kappa shape index (κ1) is 14.0. The summed E-state index contributed by atoms with van der Waals surface area (Å²) in [5.74, 6) is 0.934. The lowest BCUT2D eigenvalue weighted by atomic mass is 9.33. The van der Waals surface area contributed by atoms with Crippen LogP contribution in [0.2, 0.25) is 0 Å². The fourth-order valence-corrected chi connectivity index (χ4v) is 5.91. The SMILES string of the molecule is CC1(C)CN(C(=O)C23CC(c4ccccc4)(C2)C3)[C@H]2COC[C@H]21. The summed E-state index contributed by atoms with van der Waals surface area (Å²) in [5, 5.41) is 0. The molecule has 5 aliphatic rings. The Morgan fingerprint density at radius 2 is 1.83 bits per heavy atom. The Kier molecular flexibility index (Phi) is 2.55. The minimum atomic E-state index is -0.0522. The van der Waals surface area contributed by atoms with Gasteiger partial charge in [-0.05, 0) is 35.7 Å². The van der Waals surface area contributed by atoms with E-state index in [9.17, 15) is 4.79 Å². The van der Waals surface area contributed by atoms with Gasteiger partial charge in [0, 0.05) is 12.5 Å². The maximum atomic E-state index is 13.3. The van der Waals surface area contributed by atoms with E-state index in [0.29, 0.717) is 23.3 Å². The number of carbonyl (C=O) groups is 1. The number of hydrogen-bond donors (Lipinski definition) is 0. The third kappa shape index (κ3) is 1.67. The van der Waals surface area contributed by atoms with Gasteiger partial charge >= 0.3 is 0 Å². The fraction of sp³-hybridized carbons (Fsp3) is 0.650. The zero-order chi connectivity index (χ0) is 15.9. The minimum Gasteiger partial charge on any atom is -0.379 e. The van der Waals surface area contributed by atoms with Gasteiger partial charge in [0.15, 0.2) is 0 Å². The van der Waals surface area contributed by atoms with Crippen molar-refractivity contribution in [2.45, 2.75) is 44.6 Å². The molecule has 2 heterocycles. The molecule has 2 saturated heterocycles. The van der Waals surface area contributed by atoms with Crippen LogP contribution in [0.5, 0.6) is 0 Å². The normalized spacial score (nSPS) is 42.8. The zero-order valence-corrected chi connectivity index (χ0v) is 14.0. The van der Waals surface area contributed by atoms with E-state index in [4.69, 9.17) is 4.74 Å². The zero-order valence-electron chi connectivity index (χ0n) is 14.0. The van der Waals surface area contributed by atoms with Gasteiger partial charge in [0.1, 0.15) is 0 Å². The van der Waals surface area contributed by atoms with Crippen molar-refractivity contribution in [2.75, 3.05) is 19.8 Å². The van der Waals surface area contributed by atoms with Crippen molar-refractivity contribution in [1.29, 1.82) is 0 Å². The molecule has 122 valence electrons. The summed E-state index contributed by atoms with van der Waals surface area (Å²) < 4.78 is 5.70. The van der Waals surface area contributed by atoms with Gasteiger partial charge in [-0.2, -0.15) is 0 Å². The lowest BCUT2D eigenvalue weighted by Crippen LogP contribution is -2.70. The van der Waals surface area contributed by atoms with Gasteiger partial charge in [-0.15, -0.1) is 0 Å². The molecule has 0 unspecified atom stereocenters. The summed E-state index contributed by atoms with van der Waals surface area (Å²) in [7, 11) is 0. The monoisotopic (exact) mass is 311 g/mol. The quantitative estimate of drug-likeness (QED) is 0.840. The molecule has 3 saturated carbocycles. The van der Waals surface area contributed by atoms with Gasteiger partial charge in [0.05, 0.1) is 24.7 Å². The highest BCUT2D eigenvalue weighted by atomic mass is 16.5. The lowest BCUT2D eigenvalue weighted by molar-refractivity contribution is -0.188. The molecule has 3 nitrogen and oxygen atoms in total. The van der Waals surface area contributed by atoms with Crippen LogP contribution in [0.4, 0.5) is 0 Å². The van der Waals surface area contributed by atoms with Gasteiger partial charge in [-0.3, -0.25) is 4.79 Å². The molecular formula is C20H25NO2. The average Bonchev–Trinajstić information content (AvgIpc) is 3.01. The van der Waals surface area contributed by atoms with Crippen molar-refractivity contribution in [1.82, 2.24) is 4.90 Å². The highest BCUT2D eigenvalue weighted by Gasteiger charge is 2.73. The minimum absolute atomic E-state index is 0.0522. The van der Waals surface area contributed by atoms with E-state index in [1.165, 1.54) is 5.56 Å². The van der Waals surface area contributed by atoms with Crippen molar-refractivity contribution in [2.24, 2.45) is 16.7 Å². The van der Waals surface area contributed by atoms with Crippen LogP contribution in [0.1, 0.15) is 38.7 Å². The standard InChI is InChI=1S/C20H25NO2/c1-18(2)13-21(16-9-23-8-15(16)18)17(22)20-10-19(11-20,12-20)14-6-4-3-5-7-14/h3-7,15-16H,8-13H2,1-2H3/t15-,16+,19?,20?/m1/s1. The van der Waals surface area contributed by atoms with Gasteiger partial charge in [0.2, 0.25) is 5.91 Å². The van der Waals surface area contributed by atoms with Crippen molar-refractivity contribution in [3.8, 4) is 0 Å². The summed E-state index contributed by atoms with van der Waals surface area (Å²) in [6.07, 6.45) is 3.16. The molecule has 3 heteroatoms. The van der Waals surface area contributed by atoms with Gasteiger partial charge < -0.3 is 9.64 Å². The van der Waals surface area contributed by atoms with Crippen LogP contribution < -0.4 is 0 Å². The summed E-state index contributed by atoms with van der Waals surface area (Å²) in [4.78, 5) is 15.4. The molecule has 23 heavy (non-hydrogen) atoms. The average molecular weight is 311 g/mol. The predicted octanol–water partition coefficient (Wildman–Crippen LogP) is 2.99. The highest BCUT2D eigenvalue weighted by molar-refractivity contribution is 5.88. The van der Waals surface area contributed by atoms with Crippen LogP contribution in [-0.4, -0.2) is 36.6 Å². The predicted molar refractivity (Wildman–Crippen MR) is 88.0 cm³/mol. The Morgan fingerprint density at radius 3 is 2.52 bits per heavy atom. The molecular weight excluding hydrogens is 286 g/mol. The molecule has 0 N–H and O–H groups in total. The number of nitrogens with zero attached hydrogens (tertiary/aromatic N) is 1. The summed E-state index contributed by atoms with van der Waals surface area (Å²) in [6, 6.07) is 11.1. The summed E-state index contributed by atoms with van der Waals surface area (Å²) in [6.45, 7) is 7.05. The summed E-state index contributed by atoms with van der Waals surface area (Å²) in [5.41, 5.74) is 1.87. The van der Waals surface area contributed by atoms with E-state index in [1.54, 1.807) is 0 Å². The van der Waals surface area contributed by atoms with Crippen molar-refractivity contribution in [3.63, 3.8) is 0 Å². The van der Waals surface area contributed by atoms with Crippen LogP contribution in [-0.2, 0) is 14.9 Å². The summed E-state index contributed by atoms with van der Waals surface area (Å²) >= 11 is 0. The molecule has 5 fully saturated rings. The molecule has 3 aliphatic carbocycles. The Hall–Kier alpha value is -1.35. The number of benzene rings is 1. The first-order valence-corrected chi connectivity index (χ1v) is 8.90. The molecule has 2 atom stereocenters. The maximum absolute atomic E-state index is 13.3. The van der Waals surface area contributed by atoms with Crippen LogP contribution >= 0.6 is 0 Å². The van der Waals surface area contributed by atoms with Gasteiger partial charge in [-0.1, -0.05) is 44.2 Å². The van der Waals surface area contributed by atoms with E-state index in [-0.39, 0.29) is 10.8 Å². The second kappa shape index (κ2) is 4.18. The van der Waals surface area contributed by atoms with Gasteiger partial charge in [0.25, 0.3) is 0 Å². The molecule has 1 aromatic rings. The molecule has 6 rings (SSSR count). The van der Waals surface area contributed by atoms with Crippen molar-refractivity contribution in [3.05, 3.63) is 35.9 Å². The number of likely N-dealkylation sites (tertiary alicyclic amines) is 1. The van der Waals surface area contributed by atoms with Crippen LogP contribution in [0, 0.1) is 16.7 Å². The fourth-order valence-electron chi connectivity index (χ4n) is 5.91. The van der Waals surface area contributed by atoms with E-state index in [0.717, 1.165) is 39.0 Å². The third-order valence-corrected chi connectivity index (χ3v) is 7.16. The number of hydrogen-bond acceptors (Lipinski definition) is 2. The lowest BCUT2D eigenvalue weighted by Gasteiger charge is -2.70. The smallest absolute Gasteiger partial charge is 0.229 e. The molecule has 0 radical (unpaired) electrons. The Bertz CT molecular complexity index is 646. The molecule has 1 aromatic carbocycles. The van der Waals surface area contributed by atoms with E-state index in [1.807, 2.05) is 0 Å². The topological polar surface area (TPSA) is 29.5 Å². The molecule has 2 bridgehead atoms. The number of fused-ring (bicyclic) bond motifs is 1. The molecule has 1 amide bonds. The number of carbonyl (C=O) groups excluding carboxylic acids is 1. The first-order valence-electron chi connectivity index (χ1n) is 8.90. The van der Waals surface area contributed by atoms with E-state index < -0.39 is 0 Å².